The maximum Gasteiger partial charge on any atom is 0.155 e. The zero-order valence-corrected chi connectivity index (χ0v) is 18.9. The Balaban J connectivity index is 1.25. The predicted molar refractivity (Wildman–Crippen MR) is 133 cm³/mol. The van der Waals surface area contributed by atoms with Crippen molar-refractivity contribution in [1.82, 2.24) is 34.9 Å². The molecule has 0 unspecified atom stereocenters. The molecule has 1 fully saturated rings. The molecule has 9 nitrogen and oxygen atoms in total. The molecule has 170 valence electrons. The van der Waals surface area contributed by atoms with Gasteiger partial charge in [0.15, 0.2) is 5.65 Å². The standard InChI is InChI=1S/C25H25N9/c1-17-10-20(3-2-19(17)11-18-4-7-34-24(12-18)29-16-31-34)32-25-21-13-23(33-8-5-26-6-9-33)27-14-22(21)28-15-30-25/h2-4,7,10,12-16,26H,5-6,8-9,11H2,1H3,(H,28,30,32). The van der Waals surface area contributed by atoms with Crippen LogP contribution in [0, 0.1) is 6.92 Å². The van der Waals surface area contributed by atoms with E-state index in [2.05, 4.69) is 83.9 Å². The molecule has 0 radical (unpaired) electrons. The Bertz CT molecular complexity index is 1470. The number of hydrogen-bond donors (Lipinski definition) is 2. The molecule has 0 amide bonds. The van der Waals surface area contributed by atoms with Crippen LogP contribution < -0.4 is 15.5 Å². The minimum absolute atomic E-state index is 0.785. The van der Waals surface area contributed by atoms with Crippen LogP contribution in [0.15, 0.2) is 61.4 Å². The zero-order chi connectivity index (χ0) is 22.9. The number of aryl methyl sites for hydroxylation is 1. The van der Waals surface area contributed by atoms with Crippen LogP contribution in [0.4, 0.5) is 17.3 Å². The van der Waals surface area contributed by atoms with Gasteiger partial charge in [0.1, 0.15) is 24.3 Å². The number of benzene rings is 1. The number of rotatable bonds is 5. The number of aromatic nitrogens is 6. The second kappa shape index (κ2) is 8.68. The molecule has 4 aromatic heterocycles. The first-order valence-corrected chi connectivity index (χ1v) is 11.4. The van der Waals surface area contributed by atoms with Gasteiger partial charge in [-0.3, -0.25) is 0 Å². The van der Waals surface area contributed by atoms with E-state index in [1.165, 1.54) is 16.7 Å². The smallest absolute Gasteiger partial charge is 0.155 e. The first-order chi connectivity index (χ1) is 16.7. The molecule has 5 heterocycles. The molecule has 1 saturated heterocycles. The van der Waals surface area contributed by atoms with Crippen LogP contribution >= 0.6 is 0 Å². The van der Waals surface area contributed by atoms with Gasteiger partial charge in [0, 0.05) is 43.4 Å². The average Bonchev–Trinajstić information content (AvgIpc) is 3.34. The minimum atomic E-state index is 0.785. The number of nitrogens with zero attached hydrogens (tertiary/aromatic N) is 7. The van der Waals surface area contributed by atoms with Gasteiger partial charge in [-0.05, 0) is 60.4 Å². The Morgan fingerprint density at radius 3 is 2.76 bits per heavy atom. The highest BCUT2D eigenvalue weighted by molar-refractivity contribution is 5.91. The van der Waals surface area contributed by atoms with Gasteiger partial charge in [0.05, 0.1) is 11.7 Å². The van der Waals surface area contributed by atoms with Gasteiger partial charge in [0.25, 0.3) is 0 Å². The summed E-state index contributed by atoms with van der Waals surface area (Å²) >= 11 is 0. The third-order valence-electron chi connectivity index (χ3n) is 6.29. The number of fused-ring (bicyclic) bond motifs is 2. The lowest BCUT2D eigenvalue weighted by molar-refractivity contribution is 0.585. The SMILES string of the molecule is Cc1cc(Nc2ncnc3cnc(N4CCNCC4)cc23)ccc1Cc1ccn2ncnc2c1. The van der Waals surface area contributed by atoms with Crippen molar-refractivity contribution >= 4 is 33.9 Å². The fraction of sp³-hybridized carbons (Fsp3) is 0.240. The maximum atomic E-state index is 4.63. The van der Waals surface area contributed by atoms with Crippen LogP contribution in [-0.2, 0) is 6.42 Å². The third kappa shape index (κ3) is 4.01. The van der Waals surface area contributed by atoms with Gasteiger partial charge in [0.2, 0.25) is 0 Å². The highest BCUT2D eigenvalue weighted by Crippen LogP contribution is 2.27. The number of piperazine rings is 1. The summed E-state index contributed by atoms with van der Waals surface area (Å²) in [6.45, 7) is 5.96. The molecular weight excluding hydrogens is 426 g/mol. The van der Waals surface area contributed by atoms with Gasteiger partial charge in [-0.2, -0.15) is 5.10 Å². The number of anilines is 3. The second-order valence-electron chi connectivity index (χ2n) is 8.56. The Hall–Kier alpha value is -4.11. The topological polar surface area (TPSA) is 96.2 Å². The summed E-state index contributed by atoms with van der Waals surface area (Å²) in [5.41, 5.74) is 6.38. The van der Waals surface area contributed by atoms with Crippen LogP contribution in [0.25, 0.3) is 16.6 Å². The highest BCUT2D eigenvalue weighted by atomic mass is 15.3. The summed E-state index contributed by atoms with van der Waals surface area (Å²) in [4.78, 5) is 20.2. The summed E-state index contributed by atoms with van der Waals surface area (Å²) < 4.78 is 1.78. The maximum absolute atomic E-state index is 4.63. The van der Waals surface area contributed by atoms with E-state index in [1.807, 2.05) is 12.4 Å². The lowest BCUT2D eigenvalue weighted by Crippen LogP contribution is -2.43. The first-order valence-electron chi connectivity index (χ1n) is 11.4. The molecular formula is C25H25N9. The van der Waals surface area contributed by atoms with Crippen molar-refractivity contribution in [2.45, 2.75) is 13.3 Å². The normalized spacial score (nSPS) is 14.1. The average molecular weight is 452 g/mol. The van der Waals surface area contributed by atoms with Crippen molar-refractivity contribution in [2.75, 3.05) is 36.4 Å². The van der Waals surface area contributed by atoms with Crippen LogP contribution in [0.2, 0.25) is 0 Å². The molecule has 0 atom stereocenters. The highest BCUT2D eigenvalue weighted by Gasteiger charge is 2.14. The van der Waals surface area contributed by atoms with Crippen molar-refractivity contribution in [3.63, 3.8) is 0 Å². The van der Waals surface area contributed by atoms with Gasteiger partial charge in [-0.15, -0.1) is 0 Å². The first kappa shape index (κ1) is 20.5. The molecule has 0 aliphatic carbocycles. The van der Waals surface area contributed by atoms with E-state index < -0.39 is 0 Å². The minimum Gasteiger partial charge on any atom is -0.354 e. The van der Waals surface area contributed by atoms with Gasteiger partial charge in [-0.1, -0.05) is 6.07 Å². The van der Waals surface area contributed by atoms with E-state index in [-0.39, 0.29) is 0 Å². The molecule has 1 aromatic carbocycles. The van der Waals surface area contributed by atoms with Gasteiger partial charge >= 0.3 is 0 Å². The van der Waals surface area contributed by atoms with E-state index in [0.717, 1.165) is 66.5 Å². The van der Waals surface area contributed by atoms with Crippen LogP contribution in [0.1, 0.15) is 16.7 Å². The summed E-state index contributed by atoms with van der Waals surface area (Å²) in [6, 6.07) is 12.7. The number of pyridine rings is 2. The monoisotopic (exact) mass is 451 g/mol. The summed E-state index contributed by atoms with van der Waals surface area (Å²) in [5.74, 6) is 1.75. The fourth-order valence-electron chi connectivity index (χ4n) is 4.41. The number of nitrogens with one attached hydrogen (secondary N) is 2. The molecule has 9 heteroatoms. The Morgan fingerprint density at radius 1 is 0.971 bits per heavy atom. The molecule has 0 spiro atoms. The summed E-state index contributed by atoms with van der Waals surface area (Å²) in [6.07, 6.45) is 7.78. The van der Waals surface area contributed by atoms with E-state index in [9.17, 15) is 0 Å². The van der Waals surface area contributed by atoms with E-state index >= 15 is 0 Å². The zero-order valence-electron chi connectivity index (χ0n) is 18.9. The lowest BCUT2D eigenvalue weighted by Gasteiger charge is -2.28. The fourth-order valence-corrected chi connectivity index (χ4v) is 4.41. The van der Waals surface area contributed by atoms with E-state index in [4.69, 9.17) is 0 Å². The van der Waals surface area contributed by atoms with Crippen LogP contribution in [0.3, 0.4) is 0 Å². The molecule has 0 saturated carbocycles. The quantitative estimate of drug-likeness (QED) is 0.421. The molecule has 1 aliphatic heterocycles. The molecule has 6 rings (SSSR count). The lowest BCUT2D eigenvalue weighted by atomic mass is 10.0. The van der Waals surface area contributed by atoms with Crippen LogP contribution in [-0.4, -0.2) is 55.7 Å². The molecule has 2 N–H and O–H groups in total. The third-order valence-corrected chi connectivity index (χ3v) is 6.29. The van der Waals surface area contributed by atoms with Crippen LogP contribution in [0.5, 0.6) is 0 Å². The van der Waals surface area contributed by atoms with Crippen molar-refractivity contribution < 1.29 is 0 Å². The molecule has 1 aliphatic rings. The Morgan fingerprint density at radius 2 is 1.88 bits per heavy atom. The second-order valence-corrected chi connectivity index (χ2v) is 8.56. The van der Waals surface area contributed by atoms with Crippen molar-refractivity contribution in [3.05, 3.63) is 78.1 Å². The van der Waals surface area contributed by atoms with Gasteiger partial charge < -0.3 is 15.5 Å². The Kier molecular flexibility index (Phi) is 5.23. The molecule has 34 heavy (non-hydrogen) atoms. The van der Waals surface area contributed by atoms with Crippen molar-refractivity contribution in [3.8, 4) is 0 Å². The molecule has 0 bridgehead atoms. The summed E-state index contributed by atoms with van der Waals surface area (Å²) in [7, 11) is 0. The van der Waals surface area contributed by atoms with E-state index in [1.54, 1.807) is 17.2 Å². The van der Waals surface area contributed by atoms with Gasteiger partial charge in [-0.25, -0.2) is 24.5 Å². The largest absolute Gasteiger partial charge is 0.354 e. The molecule has 5 aromatic rings. The van der Waals surface area contributed by atoms with Crippen molar-refractivity contribution in [1.29, 1.82) is 0 Å². The summed E-state index contributed by atoms with van der Waals surface area (Å²) in [5, 5.41) is 12.0. The Labute approximate surface area is 196 Å². The predicted octanol–water partition coefficient (Wildman–Crippen LogP) is 3.12. The number of hydrogen-bond acceptors (Lipinski definition) is 8. The van der Waals surface area contributed by atoms with E-state index in [0.29, 0.717) is 0 Å². The van der Waals surface area contributed by atoms with Crippen molar-refractivity contribution in [2.24, 2.45) is 0 Å².